The molecule has 0 bridgehead atoms. The summed E-state index contributed by atoms with van der Waals surface area (Å²) in [5, 5.41) is 0. The first-order valence-electron chi connectivity index (χ1n) is 4.22. The van der Waals surface area contributed by atoms with Crippen molar-refractivity contribution in [3.8, 4) is 0 Å². The van der Waals surface area contributed by atoms with Crippen LogP contribution in [0.5, 0.6) is 0 Å². The van der Waals surface area contributed by atoms with Gasteiger partial charge in [0.2, 0.25) is 0 Å². The van der Waals surface area contributed by atoms with Gasteiger partial charge in [-0.2, -0.15) is 0 Å². The molecule has 11 heavy (non-hydrogen) atoms. The summed E-state index contributed by atoms with van der Waals surface area (Å²) < 4.78 is 0. The second-order valence-electron chi connectivity index (χ2n) is 4.76. The Kier molecular flexibility index (Phi) is 4.98. The lowest BCUT2D eigenvalue weighted by Gasteiger charge is -2.22. The molecule has 0 saturated carbocycles. The summed E-state index contributed by atoms with van der Waals surface area (Å²) >= 11 is 6.23. The lowest BCUT2D eigenvalue weighted by molar-refractivity contribution is 0.477. The first kappa shape index (κ1) is 11.7. The lowest BCUT2D eigenvalue weighted by atomic mass is 10.0. The van der Waals surface area contributed by atoms with Crippen LogP contribution in [0.15, 0.2) is 0 Å². The first-order valence-corrected chi connectivity index (χ1v) is 6.84. The Morgan fingerprint density at radius 2 is 1.73 bits per heavy atom. The number of rotatable bonds is 3. The largest absolute Gasteiger partial charge is 0.0964 e. The molecule has 0 radical (unpaired) electrons. The van der Waals surface area contributed by atoms with Gasteiger partial charge < -0.3 is 0 Å². The Bertz CT molecular complexity index is 105. The van der Waals surface area contributed by atoms with Gasteiger partial charge in [0.1, 0.15) is 0 Å². The van der Waals surface area contributed by atoms with E-state index in [1.807, 2.05) is 0 Å². The van der Waals surface area contributed by atoms with Crippen LogP contribution in [0.4, 0.5) is 0 Å². The predicted molar refractivity (Wildman–Crippen MR) is 56.8 cm³/mol. The molecule has 2 heteroatoms. The van der Waals surface area contributed by atoms with Crippen LogP contribution in [0.2, 0.25) is 0 Å². The number of halogens is 1. The molecule has 0 aliphatic rings. The van der Waals surface area contributed by atoms with E-state index in [4.69, 9.17) is 11.2 Å². The van der Waals surface area contributed by atoms with Crippen LogP contribution in [0, 0.1) is 11.3 Å². The monoisotopic (exact) mass is 194 g/mol. The summed E-state index contributed by atoms with van der Waals surface area (Å²) in [7, 11) is -0.236. The highest BCUT2D eigenvalue weighted by atomic mass is 35.7. The molecular formula is C9H20ClP. The number of hydrogen-bond acceptors (Lipinski definition) is 0. The summed E-state index contributed by atoms with van der Waals surface area (Å²) in [5.41, 5.74) is 0.405. The van der Waals surface area contributed by atoms with Gasteiger partial charge >= 0.3 is 0 Å². The molecule has 0 fully saturated rings. The van der Waals surface area contributed by atoms with E-state index in [-0.39, 0.29) is 7.27 Å². The van der Waals surface area contributed by atoms with Gasteiger partial charge in [0.25, 0.3) is 0 Å². The minimum atomic E-state index is -0.236. The highest BCUT2D eigenvalue weighted by Crippen LogP contribution is 2.47. The second kappa shape index (κ2) is 4.67. The van der Waals surface area contributed by atoms with Crippen molar-refractivity contribution in [1.82, 2.24) is 0 Å². The van der Waals surface area contributed by atoms with Crippen molar-refractivity contribution in [1.29, 1.82) is 0 Å². The van der Waals surface area contributed by atoms with Crippen LogP contribution in [0.3, 0.4) is 0 Å². The molecule has 0 aliphatic carbocycles. The van der Waals surface area contributed by atoms with Crippen LogP contribution in [-0.4, -0.2) is 12.3 Å². The van der Waals surface area contributed by atoms with Crippen LogP contribution in [0.25, 0.3) is 0 Å². The standard InChI is InChI=1S/C9H20ClP/c1-8(2)6-11(10)7-9(3,4)5/h8H,6-7H2,1-5H3. The third kappa shape index (κ3) is 8.63. The number of hydrogen-bond donors (Lipinski definition) is 0. The third-order valence-electron chi connectivity index (χ3n) is 1.21. The Hall–Kier alpha value is 0.720. The van der Waals surface area contributed by atoms with Gasteiger partial charge in [-0.3, -0.25) is 0 Å². The topological polar surface area (TPSA) is 0 Å². The van der Waals surface area contributed by atoms with Crippen molar-refractivity contribution in [2.75, 3.05) is 12.3 Å². The molecular weight excluding hydrogens is 175 g/mol. The molecule has 0 N–H and O–H groups in total. The molecule has 0 spiro atoms. The van der Waals surface area contributed by atoms with Crippen LogP contribution < -0.4 is 0 Å². The Morgan fingerprint density at radius 3 is 2.00 bits per heavy atom. The van der Waals surface area contributed by atoms with E-state index < -0.39 is 0 Å². The van der Waals surface area contributed by atoms with E-state index in [1.165, 1.54) is 12.3 Å². The molecule has 0 nitrogen and oxygen atoms in total. The molecule has 0 aromatic carbocycles. The molecule has 0 rings (SSSR count). The summed E-state index contributed by atoms with van der Waals surface area (Å²) in [5.74, 6) is 0.751. The zero-order valence-electron chi connectivity index (χ0n) is 8.32. The quantitative estimate of drug-likeness (QED) is 0.587. The fourth-order valence-corrected chi connectivity index (χ4v) is 4.83. The highest BCUT2D eigenvalue weighted by molar-refractivity contribution is 7.84. The Labute approximate surface area is 77.3 Å². The maximum absolute atomic E-state index is 6.23. The molecule has 0 heterocycles. The molecule has 0 aromatic heterocycles. The molecule has 0 saturated heterocycles. The van der Waals surface area contributed by atoms with Crippen molar-refractivity contribution < 1.29 is 0 Å². The van der Waals surface area contributed by atoms with Crippen molar-refractivity contribution in [2.45, 2.75) is 34.6 Å². The van der Waals surface area contributed by atoms with Crippen molar-refractivity contribution in [3.05, 3.63) is 0 Å². The van der Waals surface area contributed by atoms with E-state index in [1.54, 1.807) is 0 Å². The zero-order valence-corrected chi connectivity index (χ0v) is 9.97. The molecule has 68 valence electrons. The minimum Gasteiger partial charge on any atom is -0.0964 e. The highest BCUT2D eigenvalue weighted by Gasteiger charge is 2.17. The van der Waals surface area contributed by atoms with Crippen LogP contribution >= 0.6 is 18.5 Å². The lowest BCUT2D eigenvalue weighted by Crippen LogP contribution is -2.10. The predicted octanol–water partition coefficient (Wildman–Crippen LogP) is 4.32. The van der Waals surface area contributed by atoms with Gasteiger partial charge in [0.05, 0.1) is 0 Å². The average molecular weight is 195 g/mol. The molecule has 0 aliphatic heterocycles. The van der Waals surface area contributed by atoms with Gasteiger partial charge in [0, 0.05) is 0 Å². The summed E-state index contributed by atoms with van der Waals surface area (Å²) in [6, 6.07) is 0. The van der Waals surface area contributed by atoms with Gasteiger partial charge in [0.15, 0.2) is 0 Å². The fourth-order valence-electron chi connectivity index (χ4n) is 0.975. The maximum Gasteiger partial charge on any atom is -0.00895 e. The summed E-state index contributed by atoms with van der Waals surface area (Å²) in [6.45, 7) is 11.2. The summed E-state index contributed by atoms with van der Waals surface area (Å²) in [6.07, 6.45) is 2.39. The smallest absolute Gasteiger partial charge is 0.00895 e. The maximum atomic E-state index is 6.23. The normalized spacial score (nSPS) is 15.5. The molecule has 0 aromatic rings. The van der Waals surface area contributed by atoms with E-state index in [9.17, 15) is 0 Å². The minimum absolute atomic E-state index is 0.236. The second-order valence-corrected chi connectivity index (χ2v) is 7.80. The van der Waals surface area contributed by atoms with Gasteiger partial charge in [-0.05, 0) is 30.9 Å². The Morgan fingerprint density at radius 1 is 1.27 bits per heavy atom. The third-order valence-corrected chi connectivity index (χ3v) is 4.40. The molecule has 1 unspecified atom stereocenters. The van der Waals surface area contributed by atoms with Crippen molar-refractivity contribution >= 4 is 18.5 Å². The molecule has 1 atom stereocenters. The van der Waals surface area contributed by atoms with E-state index >= 15 is 0 Å². The van der Waals surface area contributed by atoms with Gasteiger partial charge in [-0.15, -0.1) is 0 Å². The van der Waals surface area contributed by atoms with E-state index in [2.05, 4.69) is 34.6 Å². The van der Waals surface area contributed by atoms with Crippen molar-refractivity contribution in [2.24, 2.45) is 11.3 Å². The fraction of sp³-hybridized carbons (Fsp3) is 1.00. The van der Waals surface area contributed by atoms with Crippen LogP contribution in [-0.2, 0) is 0 Å². The van der Waals surface area contributed by atoms with Crippen molar-refractivity contribution in [3.63, 3.8) is 0 Å². The average Bonchev–Trinajstić information content (AvgIpc) is 1.53. The first-order chi connectivity index (χ1) is 4.81. The Balaban J connectivity index is 3.61. The van der Waals surface area contributed by atoms with Crippen LogP contribution in [0.1, 0.15) is 34.6 Å². The van der Waals surface area contributed by atoms with E-state index in [0.29, 0.717) is 5.41 Å². The van der Waals surface area contributed by atoms with Gasteiger partial charge in [-0.25, -0.2) is 0 Å². The zero-order chi connectivity index (χ0) is 9.07. The SMILES string of the molecule is CC(C)CP(Cl)CC(C)(C)C. The summed E-state index contributed by atoms with van der Waals surface area (Å²) in [4.78, 5) is 0. The van der Waals surface area contributed by atoms with Gasteiger partial charge in [-0.1, -0.05) is 45.9 Å². The van der Waals surface area contributed by atoms with E-state index in [0.717, 1.165) is 5.92 Å². The molecule has 0 amide bonds.